The number of esters is 1. The van der Waals surface area contributed by atoms with Crippen LogP contribution in [0, 0.1) is 0 Å². The molecule has 104 valence electrons. The predicted octanol–water partition coefficient (Wildman–Crippen LogP) is 2.54. The summed E-state index contributed by atoms with van der Waals surface area (Å²) in [7, 11) is 0. The maximum atomic E-state index is 10.2. The highest BCUT2D eigenvalue weighted by Crippen LogP contribution is 1.91. The van der Waals surface area contributed by atoms with Crippen LogP contribution < -0.4 is 0 Å². The molecular weight excluding hydrogens is 220 g/mol. The second kappa shape index (κ2) is 17.8. The molecule has 0 aromatic carbocycles. The van der Waals surface area contributed by atoms with E-state index in [1.54, 1.807) is 6.92 Å². The average molecular weight is 248 g/mol. The lowest BCUT2D eigenvalue weighted by Crippen LogP contribution is -2.06. The molecule has 0 spiro atoms. The number of aliphatic hydroxyl groups excluding tert-OH is 1. The molecule has 0 aliphatic carbocycles. The molecule has 0 atom stereocenters. The second-order valence-corrected chi connectivity index (χ2v) is 3.62. The molecule has 4 nitrogen and oxygen atoms in total. The third kappa shape index (κ3) is 21.3. The fourth-order valence-electron chi connectivity index (χ4n) is 0.856. The number of rotatable bonds is 9. The van der Waals surface area contributed by atoms with Gasteiger partial charge in [0, 0.05) is 19.6 Å². The quantitative estimate of drug-likeness (QED) is 0.503. The van der Waals surface area contributed by atoms with Crippen LogP contribution in [0.1, 0.15) is 52.9 Å². The zero-order valence-corrected chi connectivity index (χ0v) is 11.5. The highest BCUT2D eigenvalue weighted by molar-refractivity contribution is 5.68. The molecule has 4 heteroatoms. The van der Waals surface area contributed by atoms with Crippen LogP contribution in [0.15, 0.2) is 0 Å². The minimum Gasteiger partial charge on any atom is -0.463 e. The van der Waals surface area contributed by atoms with Crippen LogP contribution in [-0.2, 0) is 14.3 Å². The summed E-state index contributed by atoms with van der Waals surface area (Å²) >= 11 is 0. The van der Waals surface area contributed by atoms with Crippen LogP contribution in [0.5, 0.6) is 0 Å². The number of aliphatic hydroxyl groups is 1. The van der Waals surface area contributed by atoms with Crippen LogP contribution in [-0.4, -0.2) is 37.5 Å². The van der Waals surface area contributed by atoms with E-state index >= 15 is 0 Å². The topological polar surface area (TPSA) is 55.8 Å². The van der Waals surface area contributed by atoms with Gasteiger partial charge in [0.15, 0.2) is 0 Å². The van der Waals surface area contributed by atoms with Crippen molar-refractivity contribution in [2.75, 3.05) is 26.4 Å². The lowest BCUT2D eigenvalue weighted by Gasteiger charge is -1.99. The number of ether oxygens (including phenoxy) is 2. The Bertz CT molecular complexity index is 142. The molecule has 0 bridgehead atoms. The van der Waals surface area contributed by atoms with Gasteiger partial charge in [-0.3, -0.25) is 4.79 Å². The molecule has 0 aromatic rings. The zero-order valence-electron chi connectivity index (χ0n) is 11.5. The van der Waals surface area contributed by atoms with Gasteiger partial charge >= 0.3 is 5.97 Å². The predicted molar refractivity (Wildman–Crippen MR) is 69.0 cm³/mol. The van der Waals surface area contributed by atoms with Crippen molar-refractivity contribution in [2.24, 2.45) is 0 Å². The summed E-state index contributed by atoms with van der Waals surface area (Å²) in [4.78, 5) is 10.2. The van der Waals surface area contributed by atoms with Gasteiger partial charge in [0.1, 0.15) is 6.61 Å². The molecule has 0 rings (SSSR count). The van der Waals surface area contributed by atoms with E-state index in [2.05, 4.69) is 18.6 Å². The van der Waals surface area contributed by atoms with E-state index in [0.29, 0.717) is 6.42 Å². The summed E-state index contributed by atoms with van der Waals surface area (Å²) in [5.74, 6) is -0.265. The van der Waals surface area contributed by atoms with E-state index in [-0.39, 0.29) is 19.2 Å². The smallest absolute Gasteiger partial charge is 0.305 e. The van der Waals surface area contributed by atoms with Gasteiger partial charge in [-0.05, 0) is 12.8 Å². The first-order valence-corrected chi connectivity index (χ1v) is 6.57. The third-order valence-electron chi connectivity index (χ3n) is 1.93. The van der Waals surface area contributed by atoms with E-state index < -0.39 is 0 Å². The van der Waals surface area contributed by atoms with Gasteiger partial charge in [-0.1, -0.05) is 33.6 Å². The Morgan fingerprint density at radius 1 is 1.00 bits per heavy atom. The minimum absolute atomic E-state index is 0.0915. The summed E-state index contributed by atoms with van der Waals surface area (Å²) in [6.07, 6.45) is 5.28. The number of carbonyl (C=O) groups is 1. The lowest BCUT2D eigenvalue weighted by molar-refractivity contribution is -0.144. The van der Waals surface area contributed by atoms with Crippen molar-refractivity contribution in [2.45, 2.75) is 52.9 Å². The Hall–Kier alpha value is -0.610. The van der Waals surface area contributed by atoms with Gasteiger partial charge < -0.3 is 14.6 Å². The first-order valence-electron chi connectivity index (χ1n) is 6.57. The largest absolute Gasteiger partial charge is 0.463 e. The number of unbranched alkanes of at least 4 members (excludes halogenated alkanes) is 2. The van der Waals surface area contributed by atoms with E-state index in [1.165, 1.54) is 25.7 Å². The van der Waals surface area contributed by atoms with Crippen molar-refractivity contribution in [3.05, 3.63) is 0 Å². The van der Waals surface area contributed by atoms with E-state index in [9.17, 15) is 4.79 Å². The molecule has 17 heavy (non-hydrogen) atoms. The van der Waals surface area contributed by atoms with Crippen molar-refractivity contribution in [3.63, 3.8) is 0 Å². The normalized spacial score (nSPS) is 9.41. The highest BCUT2D eigenvalue weighted by Gasteiger charge is 1.93. The molecule has 0 unspecified atom stereocenters. The van der Waals surface area contributed by atoms with Crippen LogP contribution in [0.25, 0.3) is 0 Å². The standard InChI is InChI=1S/C8H18O.C5H10O3/c1-3-5-7-9-8-6-4-2;1-2-5(7)8-4-3-6/h3-8H2,1-2H3;6H,2-4H2,1H3. The molecule has 0 aliphatic heterocycles. The summed E-state index contributed by atoms with van der Waals surface area (Å²) in [6, 6.07) is 0. The lowest BCUT2D eigenvalue weighted by atomic mass is 10.3. The Morgan fingerprint density at radius 3 is 1.88 bits per heavy atom. The molecule has 0 aliphatic rings. The first-order chi connectivity index (χ1) is 8.22. The molecule has 1 N–H and O–H groups in total. The van der Waals surface area contributed by atoms with Crippen molar-refractivity contribution in [3.8, 4) is 0 Å². The molecule has 0 saturated heterocycles. The number of hydrogen-bond donors (Lipinski definition) is 1. The average Bonchev–Trinajstić information content (AvgIpc) is 2.36. The molecule has 0 heterocycles. The first kappa shape index (κ1) is 18.7. The van der Waals surface area contributed by atoms with E-state index in [4.69, 9.17) is 9.84 Å². The third-order valence-corrected chi connectivity index (χ3v) is 1.93. The van der Waals surface area contributed by atoms with Gasteiger partial charge in [0.05, 0.1) is 6.61 Å². The Kier molecular flexibility index (Phi) is 19.6. The molecule has 0 aromatic heterocycles. The fourth-order valence-corrected chi connectivity index (χ4v) is 0.856. The van der Waals surface area contributed by atoms with Crippen LogP contribution in [0.2, 0.25) is 0 Å². The van der Waals surface area contributed by atoms with Gasteiger partial charge in [-0.25, -0.2) is 0 Å². The minimum atomic E-state index is -0.265. The molecule has 0 saturated carbocycles. The maximum Gasteiger partial charge on any atom is 0.305 e. The number of carbonyl (C=O) groups excluding carboxylic acids is 1. The Balaban J connectivity index is 0. The molecular formula is C13H28O4. The molecule has 0 fully saturated rings. The summed E-state index contributed by atoms with van der Waals surface area (Å²) in [6.45, 7) is 8.01. The zero-order chi connectivity index (χ0) is 13.4. The monoisotopic (exact) mass is 248 g/mol. The van der Waals surface area contributed by atoms with Crippen LogP contribution >= 0.6 is 0 Å². The van der Waals surface area contributed by atoms with Crippen molar-refractivity contribution < 1.29 is 19.4 Å². The van der Waals surface area contributed by atoms with Gasteiger partial charge in [0.2, 0.25) is 0 Å². The summed E-state index contributed by atoms with van der Waals surface area (Å²) in [5.41, 5.74) is 0. The van der Waals surface area contributed by atoms with E-state index in [1.807, 2.05) is 0 Å². The summed E-state index contributed by atoms with van der Waals surface area (Å²) < 4.78 is 9.77. The van der Waals surface area contributed by atoms with Gasteiger partial charge in [-0.2, -0.15) is 0 Å². The van der Waals surface area contributed by atoms with Crippen molar-refractivity contribution >= 4 is 5.97 Å². The van der Waals surface area contributed by atoms with Crippen LogP contribution in [0.4, 0.5) is 0 Å². The van der Waals surface area contributed by atoms with Crippen molar-refractivity contribution in [1.82, 2.24) is 0 Å². The highest BCUT2D eigenvalue weighted by atomic mass is 16.5. The van der Waals surface area contributed by atoms with Crippen LogP contribution in [0.3, 0.4) is 0 Å². The van der Waals surface area contributed by atoms with Gasteiger partial charge in [-0.15, -0.1) is 0 Å². The van der Waals surface area contributed by atoms with E-state index in [0.717, 1.165) is 13.2 Å². The second-order valence-electron chi connectivity index (χ2n) is 3.62. The van der Waals surface area contributed by atoms with Crippen molar-refractivity contribution in [1.29, 1.82) is 0 Å². The molecule has 0 radical (unpaired) electrons. The molecule has 0 amide bonds. The Labute approximate surface area is 105 Å². The number of hydrogen-bond acceptors (Lipinski definition) is 4. The summed E-state index contributed by atoms with van der Waals surface area (Å²) in [5, 5.41) is 8.13. The Morgan fingerprint density at radius 2 is 1.53 bits per heavy atom. The SMILES string of the molecule is CCC(=O)OCCO.CCCCOCCCC. The fraction of sp³-hybridized carbons (Fsp3) is 0.923. The maximum absolute atomic E-state index is 10.2. The van der Waals surface area contributed by atoms with Gasteiger partial charge in [0.25, 0.3) is 0 Å².